The highest BCUT2D eigenvalue weighted by molar-refractivity contribution is 8.00. The number of carbonyl (C=O) groups excluding carboxylic acids is 2. The number of hydrogen-bond donors (Lipinski definition) is 2. The lowest BCUT2D eigenvalue weighted by Gasteiger charge is -2.15. The lowest BCUT2D eigenvalue weighted by atomic mass is 10.4. The van der Waals surface area contributed by atoms with Gasteiger partial charge in [-0.15, -0.1) is 11.8 Å². The second-order valence-electron chi connectivity index (χ2n) is 3.72. The molecule has 1 heterocycles. The zero-order valence-electron chi connectivity index (χ0n) is 9.86. The van der Waals surface area contributed by atoms with Crippen LogP contribution in [-0.4, -0.2) is 58.9 Å². The van der Waals surface area contributed by atoms with Gasteiger partial charge in [0.25, 0.3) is 0 Å². The van der Waals surface area contributed by atoms with Gasteiger partial charge in [-0.1, -0.05) is 0 Å². The molecule has 6 nitrogen and oxygen atoms in total. The minimum Gasteiger partial charge on any atom is -1.00 e. The van der Waals surface area contributed by atoms with Crippen LogP contribution in [-0.2, 0) is 14.4 Å². The molecule has 1 aliphatic rings. The number of nitrogens with one attached hydrogen (secondary N) is 1. The number of nitrogens with zero attached hydrogens (tertiary/aromatic N) is 1. The van der Waals surface area contributed by atoms with Crippen LogP contribution in [0.3, 0.4) is 0 Å². The van der Waals surface area contributed by atoms with Gasteiger partial charge < -0.3 is 39.3 Å². The average molecular weight is 387 g/mol. The van der Waals surface area contributed by atoms with Crippen molar-refractivity contribution in [1.82, 2.24) is 10.2 Å². The second-order valence-corrected chi connectivity index (χ2v) is 4.71. The van der Waals surface area contributed by atoms with Crippen molar-refractivity contribution in [2.24, 2.45) is 0 Å². The summed E-state index contributed by atoms with van der Waals surface area (Å²) in [6.45, 7) is 1.73. The molecule has 0 radical (unpaired) electrons. The predicted octanol–water partition coefficient (Wildman–Crippen LogP) is -3.45. The van der Waals surface area contributed by atoms with Crippen LogP contribution < -0.4 is 29.3 Å². The smallest absolute Gasteiger partial charge is 0.313 e. The van der Waals surface area contributed by atoms with E-state index < -0.39 is 5.97 Å². The topological polar surface area (TPSA) is 86.7 Å². The molecule has 2 amide bonds. The van der Waals surface area contributed by atoms with E-state index in [0.29, 0.717) is 19.5 Å². The first-order valence-corrected chi connectivity index (χ1v) is 6.59. The maximum absolute atomic E-state index is 11.3. The van der Waals surface area contributed by atoms with Crippen LogP contribution in [0.25, 0.3) is 0 Å². The highest BCUT2D eigenvalue weighted by atomic mass is 127. The average Bonchev–Trinajstić information content (AvgIpc) is 2.64. The molecule has 0 atom stereocenters. The Balaban J connectivity index is 0.00000289. The Bertz CT molecular complexity index is 314. The van der Waals surface area contributed by atoms with Crippen LogP contribution in [0.15, 0.2) is 0 Å². The van der Waals surface area contributed by atoms with Gasteiger partial charge in [-0.3, -0.25) is 14.4 Å². The Morgan fingerprint density at radius 1 is 1.39 bits per heavy atom. The first-order chi connectivity index (χ1) is 8.09. The molecule has 0 aromatic heterocycles. The maximum atomic E-state index is 11.3. The quantitative estimate of drug-likeness (QED) is 0.444. The zero-order chi connectivity index (χ0) is 12.7. The van der Waals surface area contributed by atoms with Crippen molar-refractivity contribution in [2.75, 3.05) is 31.1 Å². The van der Waals surface area contributed by atoms with Gasteiger partial charge in [-0.25, -0.2) is 0 Å². The molecule has 0 bridgehead atoms. The molecule has 2 N–H and O–H groups in total. The summed E-state index contributed by atoms with van der Waals surface area (Å²) in [7, 11) is 0. The highest BCUT2D eigenvalue weighted by Gasteiger charge is 2.19. The van der Waals surface area contributed by atoms with Crippen LogP contribution in [0.5, 0.6) is 0 Å². The summed E-state index contributed by atoms with van der Waals surface area (Å²) in [4.78, 5) is 34.4. The van der Waals surface area contributed by atoms with Gasteiger partial charge in [0.2, 0.25) is 11.8 Å². The lowest BCUT2D eigenvalue weighted by Crippen LogP contribution is -3.00. The summed E-state index contributed by atoms with van der Waals surface area (Å²) in [6.07, 6.45) is 1.49. The molecule has 104 valence electrons. The van der Waals surface area contributed by atoms with E-state index in [2.05, 4.69) is 5.32 Å². The minimum absolute atomic E-state index is 0. The standard InChI is InChI=1S/C10H16N2O4S.HI/c13-8(6-17-7-10(15)16)11-3-5-12-4-1-2-9(12)14;/h1-7H2,(H,11,13)(H,15,16);1H/p-1. The molecule has 0 aromatic carbocycles. The maximum Gasteiger partial charge on any atom is 0.313 e. The fraction of sp³-hybridized carbons (Fsp3) is 0.700. The SMILES string of the molecule is O=C(O)CSCC(=O)NCCN1CCCC1=O.[I-]. The summed E-state index contributed by atoms with van der Waals surface area (Å²) in [5, 5.41) is 11.0. The number of carboxylic acids is 1. The Kier molecular flexibility index (Phi) is 9.16. The van der Waals surface area contributed by atoms with Crippen molar-refractivity contribution in [3.63, 3.8) is 0 Å². The van der Waals surface area contributed by atoms with Crippen molar-refractivity contribution < 1.29 is 43.5 Å². The fourth-order valence-corrected chi connectivity index (χ4v) is 2.12. The number of thioether (sulfide) groups is 1. The second kappa shape index (κ2) is 9.42. The van der Waals surface area contributed by atoms with Gasteiger partial charge in [-0.2, -0.15) is 0 Å². The zero-order valence-corrected chi connectivity index (χ0v) is 12.8. The summed E-state index contributed by atoms with van der Waals surface area (Å²) in [6, 6.07) is 0. The van der Waals surface area contributed by atoms with Crippen LogP contribution in [0.4, 0.5) is 0 Å². The van der Waals surface area contributed by atoms with E-state index in [4.69, 9.17) is 5.11 Å². The molecule has 18 heavy (non-hydrogen) atoms. The number of hydrogen-bond acceptors (Lipinski definition) is 4. The van der Waals surface area contributed by atoms with Gasteiger partial charge in [-0.05, 0) is 6.42 Å². The number of rotatable bonds is 7. The van der Waals surface area contributed by atoms with E-state index in [0.717, 1.165) is 24.7 Å². The van der Waals surface area contributed by atoms with E-state index in [-0.39, 0.29) is 47.3 Å². The van der Waals surface area contributed by atoms with E-state index in [1.54, 1.807) is 4.90 Å². The lowest BCUT2D eigenvalue weighted by molar-refractivity contribution is -0.134. The molecule has 0 saturated carbocycles. The van der Waals surface area contributed by atoms with Gasteiger partial charge in [0, 0.05) is 26.1 Å². The number of halogens is 1. The van der Waals surface area contributed by atoms with Crippen molar-refractivity contribution in [2.45, 2.75) is 12.8 Å². The molecule has 1 fully saturated rings. The number of carboxylic acid groups (broad SMARTS) is 1. The summed E-state index contributed by atoms with van der Waals surface area (Å²) < 4.78 is 0. The molecule has 0 spiro atoms. The first kappa shape index (κ1) is 17.5. The number of amides is 2. The normalized spacial score (nSPS) is 14.2. The third-order valence-electron chi connectivity index (χ3n) is 2.33. The molecule has 1 rings (SSSR count). The van der Waals surface area contributed by atoms with Crippen molar-refractivity contribution >= 4 is 29.5 Å². The van der Waals surface area contributed by atoms with Crippen LogP contribution >= 0.6 is 11.8 Å². The predicted molar refractivity (Wildman–Crippen MR) is 63.8 cm³/mol. The molecule has 1 aliphatic heterocycles. The van der Waals surface area contributed by atoms with Crippen molar-refractivity contribution in [3.8, 4) is 0 Å². The highest BCUT2D eigenvalue weighted by Crippen LogP contribution is 2.07. The first-order valence-electron chi connectivity index (χ1n) is 5.43. The molecule has 1 saturated heterocycles. The van der Waals surface area contributed by atoms with Gasteiger partial charge in [0.15, 0.2) is 0 Å². The van der Waals surface area contributed by atoms with Crippen molar-refractivity contribution in [3.05, 3.63) is 0 Å². The van der Waals surface area contributed by atoms with Gasteiger partial charge in [0.1, 0.15) is 0 Å². The fourth-order valence-electron chi connectivity index (χ4n) is 1.55. The molecular weight excluding hydrogens is 371 g/mol. The van der Waals surface area contributed by atoms with Gasteiger partial charge >= 0.3 is 5.97 Å². The van der Waals surface area contributed by atoms with Crippen molar-refractivity contribution in [1.29, 1.82) is 0 Å². The number of likely N-dealkylation sites (tertiary alicyclic amines) is 1. The molecule has 0 aromatic rings. The number of carbonyl (C=O) groups is 3. The van der Waals surface area contributed by atoms with E-state index in [9.17, 15) is 14.4 Å². The van der Waals surface area contributed by atoms with Crippen LogP contribution in [0, 0.1) is 0 Å². The van der Waals surface area contributed by atoms with Crippen LogP contribution in [0.1, 0.15) is 12.8 Å². The summed E-state index contributed by atoms with van der Waals surface area (Å²) >= 11 is 1.06. The number of aliphatic carboxylic acids is 1. The van der Waals surface area contributed by atoms with Gasteiger partial charge in [0.05, 0.1) is 11.5 Å². The minimum atomic E-state index is -0.925. The molecule has 0 aliphatic carbocycles. The molecular formula is C10H16IN2O4S-. The Morgan fingerprint density at radius 3 is 2.67 bits per heavy atom. The third kappa shape index (κ3) is 7.04. The Hall–Kier alpha value is -0.510. The summed E-state index contributed by atoms with van der Waals surface area (Å²) in [5.41, 5.74) is 0. The van der Waals surface area contributed by atoms with E-state index in [1.807, 2.05) is 0 Å². The largest absolute Gasteiger partial charge is 1.00 e. The molecule has 8 heteroatoms. The van der Waals surface area contributed by atoms with E-state index in [1.165, 1.54) is 0 Å². The third-order valence-corrected chi connectivity index (χ3v) is 3.25. The Morgan fingerprint density at radius 2 is 2.11 bits per heavy atom. The summed E-state index contributed by atoms with van der Waals surface area (Å²) in [5.74, 6) is -0.911. The van der Waals surface area contributed by atoms with E-state index >= 15 is 0 Å². The monoisotopic (exact) mass is 387 g/mol. The Labute approximate surface area is 127 Å². The van der Waals surface area contributed by atoms with Crippen LogP contribution in [0.2, 0.25) is 0 Å². The molecule has 0 unspecified atom stereocenters.